The Kier molecular flexibility index (Phi) is 3.92. The first-order valence-electron chi connectivity index (χ1n) is 4.96. The summed E-state index contributed by atoms with van der Waals surface area (Å²) in [5, 5.41) is -0.889. The number of cyclic esters (lactones) is 1. The Morgan fingerprint density at radius 1 is 1.43 bits per heavy atom. The van der Waals surface area contributed by atoms with Gasteiger partial charge < -0.3 is 4.74 Å². The second kappa shape index (κ2) is 4.77. The largest absolute Gasteiger partial charge is 0.465 e. The molecule has 1 fully saturated rings. The van der Waals surface area contributed by atoms with Crippen molar-refractivity contribution in [2.75, 3.05) is 12.4 Å². The SMILES string of the molecule is CCCCCS(=O)(=O)C1CCOC1=O. The Morgan fingerprint density at radius 3 is 2.64 bits per heavy atom. The molecule has 0 aromatic carbocycles. The van der Waals surface area contributed by atoms with Crippen LogP contribution in [-0.4, -0.2) is 32.0 Å². The van der Waals surface area contributed by atoms with Crippen LogP contribution in [0.3, 0.4) is 0 Å². The highest BCUT2D eigenvalue weighted by atomic mass is 32.2. The third-order valence-electron chi connectivity index (χ3n) is 2.35. The lowest BCUT2D eigenvalue weighted by Crippen LogP contribution is -2.28. The van der Waals surface area contributed by atoms with Crippen LogP contribution in [0.25, 0.3) is 0 Å². The van der Waals surface area contributed by atoms with Gasteiger partial charge in [0.1, 0.15) is 0 Å². The Balaban J connectivity index is 2.52. The van der Waals surface area contributed by atoms with E-state index in [4.69, 9.17) is 0 Å². The van der Waals surface area contributed by atoms with E-state index in [0.29, 0.717) is 12.8 Å². The minimum Gasteiger partial charge on any atom is -0.465 e. The second-order valence-electron chi connectivity index (χ2n) is 3.52. The van der Waals surface area contributed by atoms with Crippen LogP contribution in [0.2, 0.25) is 0 Å². The van der Waals surface area contributed by atoms with Crippen molar-refractivity contribution < 1.29 is 17.9 Å². The first-order valence-corrected chi connectivity index (χ1v) is 6.67. The van der Waals surface area contributed by atoms with Gasteiger partial charge in [-0.1, -0.05) is 19.8 Å². The highest BCUT2D eigenvalue weighted by Gasteiger charge is 2.37. The van der Waals surface area contributed by atoms with Gasteiger partial charge in [0.25, 0.3) is 0 Å². The zero-order chi connectivity index (χ0) is 10.6. The summed E-state index contributed by atoms with van der Waals surface area (Å²) in [5.41, 5.74) is 0. The molecular formula is C9H16O4S. The zero-order valence-electron chi connectivity index (χ0n) is 8.36. The lowest BCUT2D eigenvalue weighted by atomic mass is 10.3. The summed E-state index contributed by atoms with van der Waals surface area (Å²) < 4.78 is 27.9. The molecule has 5 heteroatoms. The summed E-state index contributed by atoms with van der Waals surface area (Å²) in [6.45, 7) is 2.26. The van der Waals surface area contributed by atoms with Gasteiger partial charge in [0, 0.05) is 6.42 Å². The van der Waals surface area contributed by atoms with Gasteiger partial charge >= 0.3 is 5.97 Å². The van der Waals surface area contributed by atoms with Crippen molar-refractivity contribution in [3.8, 4) is 0 Å². The van der Waals surface area contributed by atoms with Crippen molar-refractivity contribution in [3.05, 3.63) is 0 Å². The molecule has 0 radical (unpaired) electrons. The number of esters is 1. The number of carbonyl (C=O) groups is 1. The van der Waals surface area contributed by atoms with Crippen molar-refractivity contribution in [1.82, 2.24) is 0 Å². The average molecular weight is 220 g/mol. The monoisotopic (exact) mass is 220 g/mol. The normalized spacial score (nSPS) is 22.4. The van der Waals surface area contributed by atoms with Crippen LogP contribution in [-0.2, 0) is 19.4 Å². The predicted octanol–water partition coefficient (Wildman–Crippen LogP) is 0.907. The van der Waals surface area contributed by atoms with Gasteiger partial charge in [-0.25, -0.2) is 8.42 Å². The molecule has 1 aliphatic heterocycles. The van der Waals surface area contributed by atoms with Gasteiger partial charge in [-0.15, -0.1) is 0 Å². The first kappa shape index (κ1) is 11.5. The fourth-order valence-corrected chi connectivity index (χ4v) is 3.21. The van der Waals surface area contributed by atoms with Gasteiger partial charge in [0.2, 0.25) is 0 Å². The average Bonchev–Trinajstić information content (AvgIpc) is 2.52. The molecule has 1 unspecified atom stereocenters. The predicted molar refractivity (Wildman–Crippen MR) is 52.7 cm³/mol. The van der Waals surface area contributed by atoms with Gasteiger partial charge in [0.05, 0.1) is 12.4 Å². The summed E-state index contributed by atoms with van der Waals surface area (Å²) >= 11 is 0. The van der Waals surface area contributed by atoms with E-state index in [0.717, 1.165) is 12.8 Å². The number of rotatable bonds is 5. The highest BCUT2D eigenvalue weighted by molar-refractivity contribution is 7.92. The van der Waals surface area contributed by atoms with E-state index in [1.807, 2.05) is 6.92 Å². The molecule has 0 aliphatic carbocycles. The smallest absolute Gasteiger partial charge is 0.324 e. The number of carbonyl (C=O) groups excluding carboxylic acids is 1. The molecule has 1 heterocycles. The van der Waals surface area contributed by atoms with E-state index in [2.05, 4.69) is 4.74 Å². The van der Waals surface area contributed by atoms with E-state index in [-0.39, 0.29) is 12.4 Å². The molecule has 82 valence electrons. The van der Waals surface area contributed by atoms with Crippen molar-refractivity contribution >= 4 is 15.8 Å². The Morgan fingerprint density at radius 2 is 2.14 bits per heavy atom. The minimum atomic E-state index is -3.26. The van der Waals surface area contributed by atoms with Gasteiger partial charge in [-0.2, -0.15) is 0 Å². The summed E-state index contributed by atoms with van der Waals surface area (Å²) in [4.78, 5) is 11.1. The van der Waals surface area contributed by atoms with Crippen LogP contribution in [0, 0.1) is 0 Å². The third kappa shape index (κ3) is 2.70. The minimum absolute atomic E-state index is 0.112. The molecular weight excluding hydrogens is 204 g/mol. The molecule has 0 N–H and O–H groups in total. The van der Waals surface area contributed by atoms with E-state index in [1.165, 1.54) is 0 Å². The first-order chi connectivity index (χ1) is 6.58. The number of hydrogen-bond donors (Lipinski definition) is 0. The Bertz CT molecular complexity index is 294. The molecule has 0 amide bonds. The summed E-state index contributed by atoms with van der Waals surface area (Å²) in [5.74, 6) is -0.456. The summed E-state index contributed by atoms with van der Waals surface area (Å²) in [6.07, 6.45) is 2.83. The second-order valence-corrected chi connectivity index (χ2v) is 5.82. The van der Waals surface area contributed by atoms with Crippen molar-refractivity contribution in [2.24, 2.45) is 0 Å². The van der Waals surface area contributed by atoms with Crippen LogP contribution >= 0.6 is 0 Å². The molecule has 1 rings (SSSR count). The molecule has 0 saturated carbocycles. The zero-order valence-corrected chi connectivity index (χ0v) is 9.18. The molecule has 0 spiro atoms. The van der Waals surface area contributed by atoms with E-state index < -0.39 is 21.1 Å². The van der Waals surface area contributed by atoms with Crippen molar-refractivity contribution in [3.63, 3.8) is 0 Å². The molecule has 0 aromatic heterocycles. The molecule has 1 aliphatic rings. The fourth-order valence-electron chi connectivity index (χ4n) is 1.50. The molecule has 14 heavy (non-hydrogen) atoms. The number of sulfone groups is 1. The Labute approximate surface area is 84.6 Å². The molecule has 1 saturated heterocycles. The third-order valence-corrected chi connectivity index (χ3v) is 4.51. The van der Waals surface area contributed by atoms with Gasteiger partial charge in [-0.3, -0.25) is 4.79 Å². The quantitative estimate of drug-likeness (QED) is 0.510. The topological polar surface area (TPSA) is 60.4 Å². The van der Waals surface area contributed by atoms with Gasteiger partial charge in [-0.05, 0) is 6.42 Å². The van der Waals surface area contributed by atoms with Crippen LogP contribution in [0.1, 0.15) is 32.6 Å². The summed E-state index contributed by atoms with van der Waals surface area (Å²) in [7, 11) is -3.26. The molecule has 0 aromatic rings. The maximum Gasteiger partial charge on any atom is 0.324 e. The van der Waals surface area contributed by atoms with E-state index >= 15 is 0 Å². The molecule has 0 bridgehead atoms. The standard InChI is InChI=1S/C9H16O4S/c1-2-3-4-7-14(11,12)8-5-6-13-9(8)10/h8H,2-7H2,1H3. The fraction of sp³-hybridized carbons (Fsp3) is 0.889. The lowest BCUT2D eigenvalue weighted by Gasteiger charge is -2.06. The number of hydrogen-bond acceptors (Lipinski definition) is 4. The maximum atomic E-state index is 11.6. The van der Waals surface area contributed by atoms with E-state index in [9.17, 15) is 13.2 Å². The van der Waals surface area contributed by atoms with Gasteiger partial charge in [0.15, 0.2) is 15.1 Å². The highest BCUT2D eigenvalue weighted by Crippen LogP contribution is 2.17. The van der Waals surface area contributed by atoms with Crippen molar-refractivity contribution in [1.29, 1.82) is 0 Å². The lowest BCUT2D eigenvalue weighted by molar-refractivity contribution is -0.137. The molecule has 1 atom stereocenters. The van der Waals surface area contributed by atoms with E-state index in [1.54, 1.807) is 0 Å². The van der Waals surface area contributed by atoms with Crippen LogP contribution in [0.15, 0.2) is 0 Å². The van der Waals surface area contributed by atoms with Crippen LogP contribution in [0.4, 0.5) is 0 Å². The molecule has 4 nitrogen and oxygen atoms in total. The van der Waals surface area contributed by atoms with Crippen LogP contribution in [0.5, 0.6) is 0 Å². The van der Waals surface area contributed by atoms with Crippen LogP contribution < -0.4 is 0 Å². The summed E-state index contributed by atoms with van der Waals surface area (Å²) in [6, 6.07) is 0. The number of ether oxygens (including phenoxy) is 1. The Hall–Kier alpha value is -0.580. The van der Waals surface area contributed by atoms with Crippen molar-refractivity contribution in [2.45, 2.75) is 37.9 Å². The number of unbranched alkanes of at least 4 members (excludes halogenated alkanes) is 2. The maximum absolute atomic E-state index is 11.6.